The highest BCUT2D eigenvalue weighted by molar-refractivity contribution is 9.10. The first-order valence-corrected chi connectivity index (χ1v) is 10.3. The van der Waals surface area contributed by atoms with E-state index in [1.807, 2.05) is 13.8 Å². The van der Waals surface area contributed by atoms with Crippen molar-refractivity contribution in [2.24, 2.45) is 5.41 Å². The van der Waals surface area contributed by atoms with Crippen molar-refractivity contribution in [2.45, 2.75) is 72.0 Å². The molecule has 0 amide bonds. The molecule has 2 heterocycles. The first-order valence-electron chi connectivity index (χ1n) is 9.54. The molecule has 1 saturated carbocycles. The van der Waals surface area contributed by atoms with E-state index >= 15 is 0 Å². The van der Waals surface area contributed by atoms with Crippen LogP contribution in [0.1, 0.15) is 69.0 Å². The number of aromatic nitrogens is 1. The summed E-state index contributed by atoms with van der Waals surface area (Å²) in [5, 5.41) is 10.7. The van der Waals surface area contributed by atoms with Crippen LogP contribution in [-0.2, 0) is 9.53 Å². The van der Waals surface area contributed by atoms with Gasteiger partial charge in [0.15, 0.2) is 6.10 Å². The number of rotatable bonds is 4. The molecular formula is C20H29BrN2O3. The van der Waals surface area contributed by atoms with Gasteiger partial charge < -0.3 is 14.7 Å². The molecule has 1 aromatic heterocycles. The van der Waals surface area contributed by atoms with E-state index in [4.69, 9.17) is 4.74 Å². The average molecular weight is 425 g/mol. The third kappa shape index (κ3) is 3.63. The number of aliphatic hydroxyl groups is 1. The normalized spacial score (nSPS) is 20.2. The van der Waals surface area contributed by atoms with Crippen molar-refractivity contribution >= 4 is 27.6 Å². The number of halogens is 1. The molecule has 1 atom stereocenters. The van der Waals surface area contributed by atoms with Gasteiger partial charge >= 0.3 is 5.97 Å². The summed E-state index contributed by atoms with van der Waals surface area (Å²) in [4.78, 5) is 19.2. The number of carbonyl (C=O) groups excluding carboxylic acids is 1. The quantitative estimate of drug-likeness (QED) is 0.733. The van der Waals surface area contributed by atoms with Gasteiger partial charge in [0.1, 0.15) is 0 Å². The molecule has 144 valence electrons. The van der Waals surface area contributed by atoms with Crippen molar-refractivity contribution in [1.29, 1.82) is 0 Å². The van der Waals surface area contributed by atoms with E-state index in [1.54, 1.807) is 13.8 Å². The number of ether oxygens (including phenoxy) is 1. The van der Waals surface area contributed by atoms with Gasteiger partial charge in [-0.2, -0.15) is 0 Å². The minimum Gasteiger partial charge on any atom is -0.461 e. The van der Waals surface area contributed by atoms with Crippen LogP contribution < -0.4 is 4.90 Å². The van der Waals surface area contributed by atoms with Gasteiger partial charge in [-0.1, -0.05) is 6.42 Å². The van der Waals surface area contributed by atoms with Crippen LogP contribution in [0.25, 0.3) is 0 Å². The third-order valence-electron chi connectivity index (χ3n) is 5.91. The zero-order valence-electron chi connectivity index (χ0n) is 16.1. The molecule has 6 heteroatoms. The summed E-state index contributed by atoms with van der Waals surface area (Å²) in [5.41, 5.74) is 3.55. The number of pyridine rings is 1. The minimum absolute atomic E-state index is 0.267. The van der Waals surface area contributed by atoms with Crippen LogP contribution in [0, 0.1) is 19.3 Å². The van der Waals surface area contributed by atoms with E-state index < -0.39 is 12.1 Å². The SMILES string of the molecule is Cc1nc(C)c(C(O)C(=O)OC(C)C)c(N2CCC3(CCC3)CC2)c1Br. The molecule has 1 unspecified atom stereocenters. The Hall–Kier alpha value is -1.14. The smallest absolute Gasteiger partial charge is 0.340 e. The Morgan fingerprint density at radius 1 is 1.19 bits per heavy atom. The summed E-state index contributed by atoms with van der Waals surface area (Å²) in [7, 11) is 0. The van der Waals surface area contributed by atoms with Crippen molar-refractivity contribution in [1.82, 2.24) is 4.98 Å². The van der Waals surface area contributed by atoms with E-state index in [0.29, 0.717) is 16.7 Å². The maximum Gasteiger partial charge on any atom is 0.340 e. The number of aryl methyl sites for hydroxylation is 2. The van der Waals surface area contributed by atoms with Crippen molar-refractivity contribution in [3.05, 3.63) is 21.4 Å². The third-order valence-corrected chi connectivity index (χ3v) is 6.86. The Labute approximate surface area is 164 Å². The molecule has 5 nitrogen and oxygen atoms in total. The summed E-state index contributed by atoms with van der Waals surface area (Å²) in [6, 6.07) is 0. The molecule has 1 aliphatic carbocycles. The van der Waals surface area contributed by atoms with Crippen molar-refractivity contribution in [2.75, 3.05) is 18.0 Å². The number of carbonyl (C=O) groups is 1. The summed E-state index contributed by atoms with van der Waals surface area (Å²) in [6.45, 7) is 9.25. The fourth-order valence-corrected chi connectivity index (χ4v) is 4.81. The number of esters is 1. The Bertz CT molecular complexity index is 691. The number of anilines is 1. The highest BCUT2D eigenvalue weighted by atomic mass is 79.9. The van der Waals surface area contributed by atoms with E-state index in [-0.39, 0.29) is 6.10 Å². The predicted molar refractivity (Wildman–Crippen MR) is 105 cm³/mol. The summed E-state index contributed by atoms with van der Waals surface area (Å²) >= 11 is 3.66. The monoisotopic (exact) mass is 424 g/mol. The lowest BCUT2D eigenvalue weighted by atomic mass is 9.63. The molecule has 1 aliphatic heterocycles. The number of nitrogens with zero attached hydrogens (tertiary/aromatic N) is 2. The summed E-state index contributed by atoms with van der Waals surface area (Å²) < 4.78 is 6.10. The van der Waals surface area contributed by atoms with Crippen LogP contribution in [-0.4, -0.2) is 35.3 Å². The van der Waals surface area contributed by atoms with E-state index in [9.17, 15) is 9.90 Å². The van der Waals surface area contributed by atoms with Crippen LogP contribution in [0.4, 0.5) is 5.69 Å². The molecule has 1 aromatic rings. The second-order valence-corrected chi connectivity index (χ2v) is 8.88. The van der Waals surface area contributed by atoms with Crippen LogP contribution in [0.15, 0.2) is 4.47 Å². The van der Waals surface area contributed by atoms with E-state index in [2.05, 4.69) is 25.8 Å². The fourth-order valence-electron chi connectivity index (χ4n) is 4.25. The Kier molecular flexibility index (Phi) is 5.63. The van der Waals surface area contributed by atoms with Gasteiger partial charge in [0, 0.05) is 24.3 Å². The van der Waals surface area contributed by atoms with Gasteiger partial charge in [0.05, 0.1) is 22.0 Å². The molecule has 1 spiro atoms. The number of piperidine rings is 1. The van der Waals surface area contributed by atoms with Gasteiger partial charge in [-0.05, 0) is 74.7 Å². The van der Waals surface area contributed by atoms with Crippen molar-refractivity contribution in [3.8, 4) is 0 Å². The number of aliphatic hydroxyl groups excluding tert-OH is 1. The molecule has 0 bridgehead atoms. The largest absolute Gasteiger partial charge is 0.461 e. The summed E-state index contributed by atoms with van der Waals surface area (Å²) in [6.07, 6.45) is 4.78. The lowest BCUT2D eigenvalue weighted by Crippen LogP contribution is -2.44. The lowest BCUT2D eigenvalue weighted by molar-refractivity contribution is -0.157. The van der Waals surface area contributed by atoms with E-state index in [1.165, 1.54) is 32.1 Å². The van der Waals surface area contributed by atoms with E-state index in [0.717, 1.165) is 28.9 Å². The Morgan fingerprint density at radius 2 is 1.81 bits per heavy atom. The molecule has 2 aliphatic rings. The highest BCUT2D eigenvalue weighted by Crippen LogP contribution is 2.50. The first kappa shape index (κ1) is 19.6. The first-order chi connectivity index (χ1) is 12.2. The van der Waals surface area contributed by atoms with Crippen LogP contribution in [0.3, 0.4) is 0 Å². The molecule has 0 aromatic carbocycles. The van der Waals surface area contributed by atoms with Gasteiger partial charge in [-0.15, -0.1) is 0 Å². The van der Waals surface area contributed by atoms with Crippen LogP contribution in [0.5, 0.6) is 0 Å². The topological polar surface area (TPSA) is 62.7 Å². The zero-order valence-corrected chi connectivity index (χ0v) is 17.7. The zero-order chi connectivity index (χ0) is 19.1. The average Bonchev–Trinajstić information content (AvgIpc) is 2.55. The predicted octanol–water partition coefficient (Wildman–Crippen LogP) is 4.22. The second-order valence-electron chi connectivity index (χ2n) is 8.09. The van der Waals surface area contributed by atoms with Gasteiger partial charge in [0.2, 0.25) is 0 Å². The van der Waals surface area contributed by atoms with Crippen LogP contribution in [0.2, 0.25) is 0 Å². The number of hydrogen-bond donors (Lipinski definition) is 1. The van der Waals surface area contributed by atoms with Crippen molar-refractivity contribution < 1.29 is 14.6 Å². The molecule has 3 rings (SSSR count). The van der Waals surface area contributed by atoms with Crippen LogP contribution >= 0.6 is 15.9 Å². The molecule has 0 radical (unpaired) electrons. The molecule has 26 heavy (non-hydrogen) atoms. The Balaban J connectivity index is 1.94. The Morgan fingerprint density at radius 3 is 2.31 bits per heavy atom. The van der Waals surface area contributed by atoms with Gasteiger partial charge in [-0.3, -0.25) is 4.98 Å². The lowest BCUT2D eigenvalue weighted by Gasteiger charge is -2.49. The number of hydrogen-bond acceptors (Lipinski definition) is 5. The van der Waals surface area contributed by atoms with Gasteiger partial charge in [-0.25, -0.2) is 4.79 Å². The molecule has 1 saturated heterocycles. The summed E-state index contributed by atoms with van der Waals surface area (Å²) in [5.74, 6) is -0.616. The molecule has 2 fully saturated rings. The fraction of sp³-hybridized carbons (Fsp3) is 0.700. The molecular weight excluding hydrogens is 396 g/mol. The van der Waals surface area contributed by atoms with Crippen molar-refractivity contribution in [3.63, 3.8) is 0 Å². The highest BCUT2D eigenvalue weighted by Gasteiger charge is 2.41. The minimum atomic E-state index is -1.32. The second kappa shape index (κ2) is 7.47. The maximum atomic E-state index is 12.4. The maximum absolute atomic E-state index is 12.4. The standard InChI is InChI=1S/C20H29BrN2O3/c1-12(2)26-19(25)18(24)15-13(3)22-14(4)16(21)17(15)23-10-8-20(9-11-23)6-5-7-20/h12,18,24H,5-11H2,1-4H3. The molecule has 1 N–H and O–H groups in total. The van der Waals surface area contributed by atoms with Gasteiger partial charge in [0.25, 0.3) is 0 Å².